The number of cyclic esters (lactones) is 1. The molecule has 5 heterocycles. The number of carboxylic acids is 3. The molecule has 0 radical (unpaired) electrons. The number of carboxylic acid groups (broad SMARTS) is 3. The Balaban J connectivity index is 0.905. The van der Waals surface area contributed by atoms with Crippen molar-refractivity contribution in [1.82, 2.24) is 51.1 Å². The number of hydrogen-bond acceptors (Lipinski definition) is 17. The summed E-state index contributed by atoms with van der Waals surface area (Å²) in [6.07, 6.45) is 0.502. The number of piperidine rings is 1. The zero-order valence-corrected chi connectivity index (χ0v) is 44.3. The molecule has 6 rings (SSSR count). The number of benzene rings is 1. The number of nitrogens with one attached hydrogen (secondary N) is 5. The Morgan fingerprint density at radius 1 is 0.705 bits per heavy atom. The van der Waals surface area contributed by atoms with Gasteiger partial charge < -0.3 is 61.5 Å². The molecule has 27 nitrogen and oxygen atoms in total. The van der Waals surface area contributed by atoms with E-state index in [1.165, 1.54) is 4.90 Å². The summed E-state index contributed by atoms with van der Waals surface area (Å²) in [6.45, 7) is 6.56. The third-order valence-electron chi connectivity index (χ3n) is 15.0. The van der Waals surface area contributed by atoms with Gasteiger partial charge in [-0.15, -0.1) is 0 Å². The van der Waals surface area contributed by atoms with Gasteiger partial charge in [0.15, 0.2) is 0 Å². The summed E-state index contributed by atoms with van der Waals surface area (Å²) in [5.74, 6) is -8.11. The number of rotatable bonds is 25. The number of aliphatic hydroxyl groups is 1. The van der Waals surface area contributed by atoms with Crippen LogP contribution < -0.4 is 31.5 Å². The van der Waals surface area contributed by atoms with Crippen LogP contribution in [0, 0.1) is 11.8 Å². The van der Waals surface area contributed by atoms with Gasteiger partial charge in [0.25, 0.3) is 0 Å². The van der Waals surface area contributed by atoms with Crippen molar-refractivity contribution in [3.05, 3.63) is 29.3 Å². The van der Waals surface area contributed by atoms with E-state index >= 15 is 0 Å². The Labute approximate surface area is 451 Å². The normalized spacial score (nSPS) is 22.3. The molecule has 1 aromatic carbocycles. The highest BCUT2D eigenvalue weighted by molar-refractivity contribution is 6.08. The molecule has 0 saturated carbocycles. The summed E-state index contributed by atoms with van der Waals surface area (Å²) in [5, 5.41) is 51.7. The van der Waals surface area contributed by atoms with Crippen molar-refractivity contribution in [3.63, 3.8) is 0 Å². The lowest BCUT2D eigenvalue weighted by Crippen LogP contribution is -2.59. The SMILES string of the molecule is CC[C@H](C)[C@H](NC(=O)CCNC(=O)CCNC(=O)CN(CC(=O)O)C(=O)CN1CCC(CN2CCN(CC(=O)O)CCN(CC(=O)O)CC2)CC1)C(=O)N[C@H]1CCc2cccc3c2N(C1=O)[C@H](C(=O)NC1CC(=O)OC1O)C3. The lowest BCUT2D eigenvalue weighted by atomic mass is 9.96. The first-order chi connectivity index (χ1) is 37.2. The van der Waals surface area contributed by atoms with E-state index in [4.69, 9.17) is 4.74 Å². The summed E-state index contributed by atoms with van der Waals surface area (Å²) < 4.78 is 4.76. The van der Waals surface area contributed by atoms with E-state index in [0.29, 0.717) is 77.4 Å². The average molecular weight is 1100 g/mol. The van der Waals surface area contributed by atoms with Crippen molar-refractivity contribution in [2.75, 3.05) is 110 Å². The fourth-order valence-corrected chi connectivity index (χ4v) is 10.5. The highest BCUT2D eigenvalue weighted by Crippen LogP contribution is 2.39. The highest BCUT2D eigenvalue weighted by Gasteiger charge is 2.46. The van der Waals surface area contributed by atoms with Crippen LogP contribution in [0.5, 0.6) is 0 Å². The first-order valence-electron chi connectivity index (χ1n) is 26.7. The van der Waals surface area contributed by atoms with E-state index in [9.17, 15) is 73.2 Å². The Hall–Kier alpha value is -6.81. The third-order valence-corrected chi connectivity index (χ3v) is 15.0. The van der Waals surface area contributed by atoms with E-state index in [0.717, 1.165) is 28.9 Å². The smallest absolute Gasteiger partial charge is 0.323 e. The highest BCUT2D eigenvalue weighted by atomic mass is 16.6. The van der Waals surface area contributed by atoms with Crippen molar-refractivity contribution >= 4 is 70.9 Å². The van der Waals surface area contributed by atoms with Crippen molar-refractivity contribution < 1.29 is 77.9 Å². The molecule has 1 aromatic rings. The van der Waals surface area contributed by atoms with Crippen molar-refractivity contribution in [1.29, 1.82) is 0 Å². The minimum absolute atomic E-state index is 0.114. The van der Waals surface area contributed by atoms with Gasteiger partial charge in [0.05, 0.1) is 31.7 Å². The number of para-hydroxylation sites is 1. The van der Waals surface area contributed by atoms with Crippen molar-refractivity contribution in [2.45, 2.75) is 102 Å². The fraction of sp³-hybridized carbons (Fsp3) is 0.667. The second kappa shape index (κ2) is 28.7. The number of nitrogens with zero attached hydrogens (tertiary/aromatic N) is 6. The van der Waals surface area contributed by atoms with E-state index in [-0.39, 0.29) is 76.7 Å². The molecule has 27 heteroatoms. The number of esters is 1. The predicted molar refractivity (Wildman–Crippen MR) is 275 cm³/mol. The number of aryl methyl sites for hydroxylation is 1. The van der Waals surface area contributed by atoms with Crippen LogP contribution in [0.2, 0.25) is 0 Å². The zero-order valence-electron chi connectivity index (χ0n) is 44.3. The molecule has 78 heavy (non-hydrogen) atoms. The van der Waals surface area contributed by atoms with Gasteiger partial charge in [0.1, 0.15) is 37.3 Å². The van der Waals surface area contributed by atoms with Crippen molar-refractivity contribution in [2.24, 2.45) is 11.8 Å². The monoisotopic (exact) mass is 1100 g/mol. The van der Waals surface area contributed by atoms with Crippen LogP contribution >= 0.6 is 0 Å². The molecule has 430 valence electrons. The number of aliphatic hydroxyl groups excluding tert-OH is 1. The summed E-state index contributed by atoms with van der Waals surface area (Å²) in [5.41, 5.74) is 2.13. The van der Waals surface area contributed by atoms with Gasteiger partial charge in [-0.05, 0) is 61.7 Å². The molecule has 6 atom stereocenters. The maximum atomic E-state index is 14.3. The van der Waals surface area contributed by atoms with E-state index in [1.807, 2.05) is 30.0 Å². The van der Waals surface area contributed by atoms with Crippen LogP contribution in [0.4, 0.5) is 5.69 Å². The lowest BCUT2D eigenvalue weighted by Gasteiger charge is -2.35. The fourth-order valence-electron chi connectivity index (χ4n) is 10.5. The lowest BCUT2D eigenvalue weighted by molar-refractivity contribution is -0.155. The molecular weight excluding hydrogens is 1020 g/mol. The van der Waals surface area contributed by atoms with Crippen LogP contribution in [0.3, 0.4) is 0 Å². The van der Waals surface area contributed by atoms with E-state index < -0.39 is 109 Å². The van der Waals surface area contributed by atoms with Gasteiger partial charge >= 0.3 is 23.9 Å². The maximum Gasteiger partial charge on any atom is 0.323 e. The van der Waals surface area contributed by atoms with Gasteiger partial charge in [0.2, 0.25) is 47.6 Å². The van der Waals surface area contributed by atoms with Crippen LogP contribution in [0.1, 0.15) is 69.9 Å². The number of aliphatic carboxylic acids is 3. The minimum Gasteiger partial charge on any atom is -0.480 e. The van der Waals surface area contributed by atoms with Crippen LogP contribution in [-0.4, -0.2) is 245 Å². The van der Waals surface area contributed by atoms with Gasteiger partial charge in [-0.2, -0.15) is 0 Å². The van der Waals surface area contributed by atoms with Gasteiger partial charge in [-0.3, -0.25) is 72.3 Å². The largest absolute Gasteiger partial charge is 0.480 e. The summed E-state index contributed by atoms with van der Waals surface area (Å²) >= 11 is 0. The van der Waals surface area contributed by atoms with Crippen LogP contribution in [0.15, 0.2) is 18.2 Å². The third kappa shape index (κ3) is 17.6. The summed E-state index contributed by atoms with van der Waals surface area (Å²) in [4.78, 5) is 150. The zero-order chi connectivity index (χ0) is 56.6. The minimum atomic E-state index is -1.53. The topological polar surface area (TPSA) is 358 Å². The molecule has 9 N–H and O–H groups in total. The number of amides is 7. The molecule has 0 spiro atoms. The van der Waals surface area contributed by atoms with Gasteiger partial charge in [-0.25, -0.2) is 0 Å². The molecule has 5 aliphatic rings. The first kappa shape index (κ1) is 60.4. The molecule has 5 aliphatic heterocycles. The predicted octanol–water partition coefficient (Wildman–Crippen LogP) is -3.62. The Morgan fingerprint density at radius 3 is 1.88 bits per heavy atom. The van der Waals surface area contributed by atoms with E-state index in [2.05, 4.69) is 31.5 Å². The number of ether oxygens (including phenoxy) is 1. The number of likely N-dealkylation sites (tertiary alicyclic amines) is 1. The second-order valence-electron chi connectivity index (χ2n) is 20.8. The first-order valence-corrected chi connectivity index (χ1v) is 26.7. The number of hydrogen-bond donors (Lipinski definition) is 9. The Morgan fingerprint density at radius 2 is 1.29 bits per heavy atom. The number of anilines is 1. The quantitative estimate of drug-likeness (QED) is 0.0427. The number of carbonyl (C=O) groups excluding carboxylic acids is 8. The Bertz CT molecular complexity index is 2360. The number of carbonyl (C=O) groups is 11. The molecule has 0 bridgehead atoms. The average Bonchev–Trinajstić information content (AvgIpc) is 3.93. The molecule has 2 unspecified atom stereocenters. The summed E-state index contributed by atoms with van der Waals surface area (Å²) in [7, 11) is 0. The second-order valence-corrected chi connectivity index (χ2v) is 20.8. The van der Waals surface area contributed by atoms with Gasteiger partial charge in [-0.1, -0.05) is 38.5 Å². The summed E-state index contributed by atoms with van der Waals surface area (Å²) in [6, 6.07) is 1.31. The molecule has 0 aliphatic carbocycles. The molecule has 3 saturated heterocycles. The van der Waals surface area contributed by atoms with Crippen LogP contribution in [-0.2, 0) is 70.3 Å². The molecular formula is C51H75N11O16. The molecule has 3 fully saturated rings. The van der Waals surface area contributed by atoms with Crippen molar-refractivity contribution in [3.8, 4) is 0 Å². The molecule has 0 aromatic heterocycles. The van der Waals surface area contributed by atoms with Crippen LogP contribution in [0.25, 0.3) is 0 Å². The standard InChI is InChI=1S/C51H75N11O16/c1-3-31(2)46(49(75)54-35-8-7-33-5-4-6-34-23-37(62(47(33)34)50(35)76)48(74)55-36-24-45(73)78-51(36)77)56-39(64)10-14-52-38(63)9-13-53-40(65)26-61(30-44(71)72)41(66)27-57-15-11-32(12-16-57)25-58-17-19-59(28-42(67)68)21-22-60(20-18-58)29-43(69)70/h4-6,31-32,35-37,46,51,77H,3,7-30H2,1-2H3,(H,52,63)(H,53,65)(H,54,75)(H,55,74)(H,56,64)(H,67,68)(H,69,70)(H,71,72)/t31-,35-,36?,37-,46-,51?/m0/s1. The molecule has 7 amide bonds. The van der Waals surface area contributed by atoms with E-state index in [1.54, 1.807) is 16.7 Å². The maximum absolute atomic E-state index is 14.3. The van der Waals surface area contributed by atoms with Gasteiger partial charge in [0, 0.05) is 78.2 Å². The Kier molecular flexibility index (Phi) is 22.2.